The Morgan fingerprint density at radius 3 is 2.16 bits per heavy atom. The minimum absolute atomic E-state index is 0.193. The predicted octanol–water partition coefficient (Wildman–Crippen LogP) is 4.33. The standard InChI is InChI=1S/C22H23N3O4S2/c1-22(2,3)24-21(27)15-9-11-17(12-10-15)23-20(26)16-6-4-7-18(14-16)25-31(28,29)19-8-5-13-30-19/h4-14,25H,1-3H3,(H,23,26)(H,24,27). The van der Waals surface area contributed by atoms with Crippen molar-refractivity contribution in [2.75, 3.05) is 10.0 Å². The lowest BCUT2D eigenvalue weighted by Crippen LogP contribution is -2.40. The number of rotatable bonds is 6. The number of carbonyl (C=O) groups excluding carboxylic acids is 2. The number of hydrogen-bond acceptors (Lipinski definition) is 5. The maximum atomic E-state index is 12.6. The number of benzene rings is 2. The molecule has 162 valence electrons. The second kappa shape index (κ2) is 8.91. The Morgan fingerprint density at radius 2 is 1.55 bits per heavy atom. The van der Waals surface area contributed by atoms with Gasteiger partial charge in [0, 0.05) is 28.0 Å². The lowest BCUT2D eigenvalue weighted by Gasteiger charge is -2.20. The van der Waals surface area contributed by atoms with Gasteiger partial charge in [-0.1, -0.05) is 12.1 Å². The van der Waals surface area contributed by atoms with Crippen molar-refractivity contribution >= 4 is 44.5 Å². The van der Waals surface area contributed by atoms with Crippen molar-refractivity contribution in [3.63, 3.8) is 0 Å². The van der Waals surface area contributed by atoms with Gasteiger partial charge in [-0.25, -0.2) is 8.42 Å². The van der Waals surface area contributed by atoms with Crippen LogP contribution in [0, 0.1) is 0 Å². The SMILES string of the molecule is CC(C)(C)NC(=O)c1ccc(NC(=O)c2cccc(NS(=O)(=O)c3cccs3)c2)cc1. The van der Waals surface area contributed by atoms with E-state index in [0.29, 0.717) is 16.8 Å². The second-order valence-corrected chi connectivity index (χ2v) is 10.7. The quantitative estimate of drug-likeness (QED) is 0.512. The van der Waals surface area contributed by atoms with Crippen LogP contribution in [-0.2, 0) is 10.0 Å². The number of anilines is 2. The zero-order chi connectivity index (χ0) is 22.6. The van der Waals surface area contributed by atoms with E-state index in [2.05, 4.69) is 15.4 Å². The van der Waals surface area contributed by atoms with Crippen molar-refractivity contribution in [1.29, 1.82) is 0 Å². The molecule has 0 fully saturated rings. The Balaban J connectivity index is 1.68. The van der Waals surface area contributed by atoms with Crippen LogP contribution in [0.3, 0.4) is 0 Å². The van der Waals surface area contributed by atoms with Crippen LogP contribution < -0.4 is 15.4 Å². The summed E-state index contributed by atoms with van der Waals surface area (Å²) >= 11 is 1.11. The molecule has 3 rings (SSSR count). The number of thiophene rings is 1. The molecule has 1 aromatic heterocycles. The summed E-state index contributed by atoms with van der Waals surface area (Å²) in [5.74, 6) is -0.597. The van der Waals surface area contributed by atoms with Gasteiger partial charge in [-0.05, 0) is 74.7 Å². The van der Waals surface area contributed by atoms with Crippen molar-refractivity contribution in [2.45, 2.75) is 30.5 Å². The molecule has 3 aromatic rings. The molecule has 0 unspecified atom stereocenters. The van der Waals surface area contributed by atoms with Crippen LogP contribution in [0.25, 0.3) is 0 Å². The first-order chi connectivity index (χ1) is 14.5. The molecule has 0 bridgehead atoms. The normalized spacial score (nSPS) is 11.6. The highest BCUT2D eigenvalue weighted by Gasteiger charge is 2.17. The first kappa shape index (κ1) is 22.5. The van der Waals surface area contributed by atoms with Crippen LogP contribution in [0.1, 0.15) is 41.5 Å². The molecule has 0 aliphatic rings. The van der Waals surface area contributed by atoms with Gasteiger partial charge in [0.2, 0.25) is 0 Å². The first-order valence-corrected chi connectivity index (χ1v) is 11.8. The fourth-order valence-corrected chi connectivity index (χ4v) is 4.71. The highest BCUT2D eigenvalue weighted by molar-refractivity contribution is 7.94. The molecule has 0 aliphatic heterocycles. The third-order valence-corrected chi connectivity index (χ3v) is 6.81. The number of hydrogen-bond donors (Lipinski definition) is 3. The number of amides is 2. The molecule has 1 heterocycles. The van der Waals surface area contributed by atoms with Crippen molar-refractivity contribution in [1.82, 2.24) is 5.32 Å². The van der Waals surface area contributed by atoms with E-state index in [0.717, 1.165) is 11.3 Å². The van der Waals surface area contributed by atoms with Crippen LogP contribution >= 0.6 is 11.3 Å². The number of sulfonamides is 1. The fourth-order valence-electron chi connectivity index (χ4n) is 2.67. The molecule has 9 heteroatoms. The molecule has 0 spiro atoms. The maximum Gasteiger partial charge on any atom is 0.271 e. The van der Waals surface area contributed by atoms with Gasteiger partial charge >= 0.3 is 0 Å². The van der Waals surface area contributed by atoms with Crippen LogP contribution in [0.4, 0.5) is 11.4 Å². The highest BCUT2D eigenvalue weighted by Crippen LogP contribution is 2.21. The molecule has 0 aliphatic carbocycles. The van der Waals surface area contributed by atoms with Crippen molar-refractivity contribution < 1.29 is 18.0 Å². The van der Waals surface area contributed by atoms with Crippen molar-refractivity contribution in [3.05, 3.63) is 77.2 Å². The third-order valence-electron chi connectivity index (χ3n) is 4.03. The molecule has 0 saturated carbocycles. The van der Waals surface area contributed by atoms with Gasteiger partial charge < -0.3 is 10.6 Å². The molecule has 0 atom stereocenters. The summed E-state index contributed by atoms with van der Waals surface area (Å²) in [4.78, 5) is 24.8. The third kappa shape index (κ3) is 6.16. The van der Waals surface area contributed by atoms with E-state index in [1.165, 1.54) is 12.1 Å². The van der Waals surface area contributed by atoms with Crippen LogP contribution in [0.5, 0.6) is 0 Å². The average Bonchev–Trinajstić information content (AvgIpc) is 3.23. The summed E-state index contributed by atoms with van der Waals surface area (Å²) in [6, 6.07) is 15.9. The Kier molecular flexibility index (Phi) is 6.47. The van der Waals surface area contributed by atoms with E-state index in [1.54, 1.807) is 53.9 Å². The summed E-state index contributed by atoms with van der Waals surface area (Å²) < 4.78 is 27.4. The molecular formula is C22H23N3O4S2. The predicted molar refractivity (Wildman–Crippen MR) is 123 cm³/mol. The summed E-state index contributed by atoms with van der Waals surface area (Å²) in [5, 5.41) is 7.30. The minimum Gasteiger partial charge on any atom is -0.347 e. The average molecular weight is 458 g/mol. The largest absolute Gasteiger partial charge is 0.347 e. The Labute approximate surface area is 185 Å². The van der Waals surface area contributed by atoms with E-state index < -0.39 is 15.9 Å². The second-order valence-electron chi connectivity index (χ2n) is 7.85. The Morgan fingerprint density at radius 1 is 0.839 bits per heavy atom. The lowest BCUT2D eigenvalue weighted by atomic mass is 10.1. The smallest absolute Gasteiger partial charge is 0.271 e. The van der Waals surface area contributed by atoms with Gasteiger partial charge in [-0.3, -0.25) is 14.3 Å². The van der Waals surface area contributed by atoms with Crippen LogP contribution in [-0.4, -0.2) is 25.8 Å². The van der Waals surface area contributed by atoms with Crippen LogP contribution in [0.15, 0.2) is 70.3 Å². The molecule has 0 radical (unpaired) electrons. The monoisotopic (exact) mass is 457 g/mol. The number of nitrogens with one attached hydrogen (secondary N) is 3. The van der Waals surface area contributed by atoms with Gasteiger partial charge in [-0.2, -0.15) is 0 Å². The van der Waals surface area contributed by atoms with E-state index in [-0.39, 0.29) is 21.3 Å². The Bertz CT molecular complexity index is 1180. The zero-order valence-corrected chi connectivity index (χ0v) is 18.9. The van der Waals surface area contributed by atoms with Gasteiger partial charge in [0.15, 0.2) is 0 Å². The van der Waals surface area contributed by atoms with Gasteiger partial charge in [0.25, 0.3) is 21.8 Å². The summed E-state index contributed by atoms with van der Waals surface area (Å²) in [5.41, 5.74) is 1.23. The lowest BCUT2D eigenvalue weighted by molar-refractivity contribution is 0.0919. The summed E-state index contributed by atoms with van der Waals surface area (Å²) in [6.07, 6.45) is 0. The molecule has 7 nitrogen and oxygen atoms in total. The molecule has 3 N–H and O–H groups in total. The van der Waals surface area contributed by atoms with Gasteiger partial charge in [0.1, 0.15) is 4.21 Å². The molecule has 2 aromatic carbocycles. The van der Waals surface area contributed by atoms with Gasteiger partial charge in [-0.15, -0.1) is 11.3 Å². The van der Waals surface area contributed by atoms with Crippen molar-refractivity contribution in [2.24, 2.45) is 0 Å². The fraction of sp³-hybridized carbons (Fsp3) is 0.182. The van der Waals surface area contributed by atoms with Crippen molar-refractivity contribution in [3.8, 4) is 0 Å². The molecule has 0 saturated heterocycles. The van der Waals surface area contributed by atoms with E-state index in [1.807, 2.05) is 20.8 Å². The Hall–Kier alpha value is -3.17. The van der Waals surface area contributed by atoms with Gasteiger partial charge in [0.05, 0.1) is 0 Å². The topological polar surface area (TPSA) is 104 Å². The minimum atomic E-state index is -3.70. The van der Waals surface area contributed by atoms with Crippen LogP contribution in [0.2, 0.25) is 0 Å². The molecular weight excluding hydrogens is 434 g/mol. The molecule has 31 heavy (non-hydrogen) atoms. The highest BCUT2D eigenvalue weighted by atomic mass is 32.2. The maximum absolute atomic E-state index is 12.6. The summed E-state index contributed by atoms with van der Waals surface area (Å²) in [6.45, 7) is 5.69. The first-order valence-electron chi connectivity index (χ1n) is 9.44. The summed E-state index contributed by atoms with van der Waals surface area (Å²) in [7, 11) is -3.70. The number of carbonyl (C=O) groups is 2. The molecule has 2 amide bonds. The van der Waals surface area contributed by atoms with E-state index >= 15 is 0 Å². The van der Waals surface area contributed by atoms with E-state index in [9.17, 15) is 18.0 Å². The zero-order valence-electron chi connectivity index (χ0n) is 17.3. The van der Waals surface area contributed by atoms with E-state index in [4.69, 9.17) is 0 Å².